The molecule has 0 spiro atoms. The third-order valence-electron chi connectivity index (χ3n) is 3.41. The fraction of sp³-hybridized carbons (Fsp3) is 0.250. The van der Waals surface area contributed by atoms with E-state index in [2.05, 4.69) is 16.9 Å². The first-order chi connectivity index (χ1) is 10.1. The van der Waals surface area contributed by atoms with Gasteiger partial charge in [0.15, 0.2) is 5.76 Å². The van der Waals surface area contributed by atoms with Gasteiger partial charge in [-0.3, -0.25) is 0 Å². The molecular formula is C16H15FN2OS. The van der Waals surface area contributed by atoms with Gasteiger partial charge in [-0.2, -0.15) is 0 Å². The minimum absolute atomic E-state index is 0.277. The van der Waals surface area contributed by atoms with E-state index in [1.165, 1.54) is 12.1 Å². The topological polar surface area (TPSA) is 41.8 Å². The Bertz CT molecular complexity index is 866. The molecule has 0 unspecified atom stereocenters. The predicted molar refractivity (Wildman–Crippen MR) is 83.3 cm³/mol. The van der Waals surface area contributed by atoms with Gasteiger partial charge in [0.2, 0.25) is 0 Å². The number of fused-ring (bicyclic) bond motifs is 1. The molecule has 0 aliphatic heterocycles. The van der Waals surface area contributed by atoms with Gasteiger partial charge >= 0.3 is 0 Å². The van der Waals surface area contributed by atoms with Crippen LogP contribution in [0.2, 0.25) is 0 Å². The fourth-order valence-electron chi connectivity index (χ4n) is 2.32. The summed E-state index contributed by atoms with van der Waals surface area (Å²) in [6.07, 6.45) is 1.80. The molecule has 0 aliphatic rings. The number of rotatable bonds is 3. The van der Waals surface area contributed by atoms with Gasteiger partial charge in [0, 0.05) is 17.4 Å². The number of halogens is 1. The normalized spacial score (nSPS) is 11.2. The molecule has 0 saturated heterocycles. The number of furan rings is 1. The fourth-order valence-corrected chi connectivity index (χ4v) is 2.53. The van der Waals surface area contributed by atoms with E-state index in [4.69, 9.17) is 16.6 Å². The molecule has 3 rings (SSSR count). The van der Waals surface area contributed by atoms with Gasteiger partial charge in [0.05, 0.1) is 5.69 Å². The molecule has 2 heterocycles. The van der Waals surface area contributed by atoms with E-state index in [-0.39, 0.29) is 5.82 Å². The highest BCUT2D eigenvalue weighted by molar-refractivity contribution is 7.71. The van der Waals surface area contributed by atoms with Crippen LogP contribution in [0.3, 0.4) is 0 Å². The maximum Gasteiger partial charge on any atom is 0.152 e. The largest absolute Gasteiger partial charge is 0.455 e. The predicted octanol–water partition coefficient (Wildman–Crippen LogP) is 4.95. The molecule has 0 radical (unpaired) electrons. The Balaban J connectivity index is 2.19. The summed E-state index contributed by atoms with van der Waals surface area (Å²) in [6.45, 7) is 3.99. The maximum atomic E-state index is 13.3. The quantitative estimate of drug-likeness (QED) is 0.696. The van der Waals surface area contributed by atoms with Crippen LogP contribution in [0.5, 0.6) is 0 Å². The van der Waals surface area contributed by atoms with Crippen molar-refractivity contribution in [1.29, 1.82) is 0 Å². The second kappa shape index (κ2) is 5.41. The number of hydrogen-bond acceptors (Lipinski definition) is 3. The van der Waals surface area contributed by atoms with Crippen LogP contribution in [0, 0.1) is 17.4 Å². The van der Waals surface area contributed by atoms with E-state index in [1.807, 2.05) is 13.0 Å². The van der Waals surface area contributed by atoms with Crippen LogP contribution < -0.4 is 0 Å². The van der Waals surface area contributed by atoms with Gasteiger partial charge in [0.1, 0.15) is 21.9 Å². The highest BCUT2D eigenvalue weighted by Crippen LogP contribution is 2.29. The molecule has 21 heavy (non-hydrogen) atoms. The molecule has 0 atom stereocenters. The Kier molecular flexibility index (Phi) is 3.59. The Hall–Kier alpha value is -2.01. The van der Waals surface area contributed by atoms with Gasteiger partial charge in [0.25, 0.3) is 0 Å². The number of H-pyrrole nitrogens is 1. The van der Waals surface area contributed by atoms with Crippen molar-refractivity contribution in [2.24, 2.45) is 0 Å². The number of aromatic amines is 1. The molecular weight excluding hydrogens is 287 g/mol. The Morgan fingerprint density at radius 2 is 2.14 bits per heavy atom. The third-order valence-corrected chi connectivity index (χ3v) is 3.81. The van der Waals surface area contributed by atoms with Crippen LogP contribution in [-0.4, -0.2) is 9.97 Å². The zero-order chi connectivity index (χ0) is 15.0. The minimum Gasteiger partial charge on any atom is -0.455 e. The van der Waals surface area contributed by atoms with Gasteiger partial charge in [-0.25, -0.2) is 9.37 Å². The summed E-state index contributed by atoms with van der Waals surface area (Å²) >= 11 is 5.31. The molecule has 1 aromatic carbocycles. The highest BCUT2D eigenvalue weighted by atomic mass is 32.1. The lowest BCUT2D eigenvalue weighted by molar-refractivity contribution is 0.616. The number of nitrogens with one attached hydrogen (secondary N) is 1. The molecule has 0 saturated carbocycles. The monoisotopic (exact) mass is 302 g/mol. The number of nitrogens with zero attached hydrogens (tertiary/aromatic N) is 1. The Morgan fingerprint density at radius 1 is 1.33 bits per heavy atom. The van der Waals surface area contributed by atoms with Crippen molar-refractivity contribution in [2.75, 3.05) is 0 Å². The summed E-state index contributed by atoms with van der Waals surface area (Å²) in [5.74, 6) is 1.22. The van der Waals surface area contributed by atoms with E-state index in [1.54, 1.807) is 6.07 Å². The lowest BCUT2D eigenvalue weighted by atomic mass is 10.2. The summed E-state index contributed by atoms with van der Waals surface area (Å²) in [6, 6.07) is 6.30. The van der Waals surface area contributed by atoms with E-state index in [0.29, 0.717) is 16.0 Å². The van der Waals surface area contributed by atoms with Crippen LogP contribution in [0.15, 0.2) is 28.7 Å². The average Bonchev–Trinajstić information content (AvgIpc) is 2.85. The zero-order valence-corrected chi connectivity index (χ0v) is 12.7. The van der Waals surface area contributed by atoms with Crippen molar-refractivity contribution >= 4 is 23.2 Å². The van der Waals surface area contributed by atoms with Crippen molar-refractivity contribution in [3.05, 3.63) is 46.1 Å². The van der Waals surface area contributed by atoms with Crippen LogP contribution >= 0.6 is 12.2 Å². The van der Waals surface area contributed by atoms with E-state index in [0.717, 1.165) is 35.3 Å². The molecule has 2 aromatic heterocycles. The molecule has 0 bridgehead atoms. The third kappa shape index (κ3) is 2.61. The van der Waals surface area contributed by atoms with Crippen LogP contribution in [0.4, 0.5) is 4.39 Å². The van der Waals surface area contributed by atoms with Crippen molar-refractivity contribution in [2.45, 2.75) is 26.7 Å². The van der Waals surface area contributed by atoms with Crippen molar-refractivity contribution in [3.63, 3.8) is 0 Å². The van der Waals surface area contributed by atoms with E-state index in [9.17, 15) is 4.39 Å². The molecule has 108 valence electrons. The standard InChI is InChI=1S/C16H15FN2OS/c1-3-4-14-18-15(9(2)16(21)19-14)13-8-10-7-11(17)5-6-12(10)20-13/h5-8H,3-4H2,1-2H3,(H,18,19,21). The molecule has 3 aromatic rings. The Morgan fingerprint density at radius 3 is 2.90 bits per heavy atom. The summed E-state index contributed by atoms with van der Waals surface area (Å²) in [5.41, 5.74) is 2.33. The van der Waals surface area contributed by atoms with Gasteiger partial charge in [-0.05, 0) is 37.6 Å². The molecule has 3 nitrogen and oxygen atoms in total. The number of aromatic nitrogens is 2. The summed E-state index contributed by atoms with van der Waals surface area (Å²) < 4.78 is 19.7. The molecule has 0 amide bonds. The smallest absolute Gasteiger partial charge is 0.152 e. The van der Waals surface area contributed by atoms with Crippen molar-refractivity contribution < 1.29 is 8.81 Å². The first-order valence-corrected chi connectivity index (χ1v) is 7.28. The average molecular weight is 302 g/mol. The summed E-state index contributed by atoms with van der Waals surface area (Å²) in [4.78, 5) is 7.66. The van der Waals surface area contributed by atoms with Gasteiger partial charge in [-0.15, -0.1) is 0 Å². The first kappa shape index (κ1) is 13.9. The second-order valence-electron chi connectivity index (χ2n) is 5.03. The number of aryl methyl sites for hydroxylation is 1. The van der Waals surface area contributed by atoms with E-state index >= 15 is 0 Å². The molecule has 5 heteroatoms. The van der Waals surface area contributed by atoms with Gasteiger partial charge in [-0.1, -0.05) is 19.1 Å². The van der Waals surface area contributed by atoms with E-state index < -0.39 is 0 Å². The first-order valence-electron chi connectivity index (χ1n) is 6.87. The van der Waals surface area contributed by atoms with Crippen LogP contribution in [-0.2, 0) is 6.42 Å². The number of hydrogen-bond donors (Lipinski definition) is 1. The molecule has 1 N–H and O–H groups in total. The number of benzene rings is 1. The SMILES string of the molecule is CCCc1nc(=S)c(C)c(-c2cc3cc(F)ccc3o2)[nH]1. The van der Waals surface area contributed by atoms with Crippen molar-refractivity contribution in [1.82, 2.24) is 9.97 Å². The lowest BCUT2D eigenvalue weighted by Gasteiger charge is -2.06. The highest BCUT2D eigenvalue weighted by Gasteiger charge is 2.12. The zero-order valence-electron chi connectivity index (χ0n) is 11.9. The molecule has 0 aliphatic carbocycles. The second-order valence-corrected chi connectivity index (χ2v) is 5.42. The Labute approximate surface area is 126 Å². The van der Waals surface area contributed by atoms with Crippen molar-refractivity contribution in [3.8, 4) is 11.5 Å². The summed E-state index contributed by atoms with van der Waals surface area (Å²) in [7, 11) is 0. The van der Waals surface area contributed by atoms with Crippen LogP contribution in [0.25, 0.3) is 22.4 Å². The minimum atomic E-state index is -0.277. The maximum absolute atomic E-state index is 13.3. The molecule has 0 fully saturated rings. The van der Waals surface area contributed by atoms with Gasteiger partial charge < -0.3 is 9.40 Å². The summed E-state index contributed by atoms with van der Waals surface area (Å²) in [5, 5.41) is 0.734. The van der Waals surface area contributed by atoms with Crippen LogP contribution in [0.1, 0.15) is 24.7 Å². The lowest BCUT2D eigenvalue weighted by Crippen LogP contribution is -1.99.